The highest BCUT2D eigenvalue weighted by molar-refractivity contribution is 6.01. The van der Waals surface area contributed by atoms with Crippen LogP contribution in [0, 0.1) is 5.41 Å². The number of aromatic amines is 2. The number of ether oxygens (including phenoxy) is 2. The lowest BCUT2D eigenvalue weighted by atomic mass is 9.49. The second-order valence-corrected chi connectivity index (χ2v) is 9.61. The number of nitrogens with zero attached hydrogens (tertiary/aromatic N) is 1. The molecular weight excluding hydrogens is 432 g/mol. The van der Waals surface area contributed by atoms with Gasteiger partial charge < -0.3 is 19.8 Å². The maximum absolute atomic E-state index is 12.9. The van der Waals surface area contributed by atoms with Gasteiger partial charge in [0.1, 0.15) is 17.2 Å². The zero-order valence-electron chi connectivity index (χ0n) is 19.1. The van der Waals surface area contributed by atoms with E-state index in [9.17, 15) is 9.59 Å². The lowest BCUT2D eigenvalue weighted by Crippen LogP contribution is -2.55. The molecule has 0 atom stereocenters. The Morgan fingerprint density at radius 1 is 1.00 bits per heavy atom. The molecule has 2 aromatic carbocycles. The van der Waals surface area contributed by atoms with E-state index in [4.69, 9.17) is 9.47 Å². The molecule has 174 valence electrons. The molecule has 2 aromatic heterocycles. The van der Waals surface area contributed by atoms with Crippen molar-refractivity contribution in [2.24, 2.45) is 5.41 Å². The van der Waals surface area contributed by atoms with Gasteiger partial charge in [-0.15, -0.1) is 0 Å². The van der Waals surface area contributed by atoms with Crippen molar-refractivity contribution < 1.29 is 14.3 Å². The van der Waals surface area contributed by atoms with Crippen LogP contribution in [-0.4, -0.2) is 41.3 Å². The highest BCUT2D eigenvalue weighted by atomic mass is 16.5. The smallest absolute Gasteiger partial charge is 0.272 e. The lowest BCUT2D eigenvalue weighted by molar-refractivity contribution is -0.0197. The number of carbonyl (C=O) groups is 1. The van der Waals surface area contributed by atoms with Gasteiger partial charge in [-0.2, -0.15) is 5.10 Å². The number of nitrogens with one attached hydrogen (secondary N) is 3. The Kier molecular flexibility index (Phi) is 4.65. The average Bonchev–Trinajstić information content (AvgIpc) is 3.26. The van der Waals surface area contributed by atoms with Crippen LogP contribution in [0.1, 0.15) is 47.8 Å². The second kappa shape index (κ2) is 7.62. The third-order valence-corrected chi connectivity index (χ3v) is 7.57. The van der Waals surface area contributed by atoms with Gasteiger partial charge in [0, 0.05) is 22.7 Å². The van der Waals surface area contributed by atoms with E-state index in [1.165, 1.54) is 0 Å². The van der Waals surface area contributed by atoms with E-state index >= 15 is 0 Å². The van der Waals surface area contributed by atoms with E-state index < -0.39 is 0 Å². The molecule has 2 aliphatic carbocycles. The maximum atomic E-state index is 12.9. The van der Waals surface area contributed by atoms with E-state index in [0.29, 0.717) is 28.5 Å². The van der Waals surface area contributed by atoms with Gasteiger partial charge >= 0.3 is 0 Å². The SMILES string of the molecule is COc1ccc(OC)c2[nH]c(C(=O)N[C@H]3CC4(C3)C[C@H](c3n[nH]c(=O)c5ccccc53)C4)cc12. The van der Waals surface area contributed by atoms with Gasteiger partial charge in [0.25, 0.3) is 11.5 Å². The van der Waals surface area contributed by atoms with E-state index in [1.807, 2.05) is 42.5 Å². The summed E-state index contributed by atoms with van der Waals surface area (Å²) in [6, 6.07) is 13.3. The number of aromatic nitrogens is 3. The number of fused-ring (bicyclic) bond motifs is 2. The Labute approximate surface area is 195 Å². The Balaban J connectivity index is 1.12. The molecule has 0 bridgehead atoms. The fraction of sp³-hybridized carbons (Fsp3) is 0.346. The Hall–Kier alpha value is -3.81. The summed E-state index contributed by atoms with van der Waals surface area (Å²) in [4.78, 5) is 28.2. The number of rotatable bonds is 5. The van der Waals surface area contributed by atoms with Gasteiger partial charge in [-0.1, -0.05) is 18.2 Å². The van der Waals surface area contributed by atoms with Crippen LogP contribution in [0.15, 0.2) is 47.3 Å². The van der Waals surface area contributed by atoms with Crippen LogP contribution >= 0.6 is 0 Å². The molecule has 0 aliphatic heterocycles. The Morgan fingerprint density at radius 2 is 1.71 bits per heavy atom. The summed E-state index contributed by atoms with van der Waals surface area (Å²) in [7, 11) is 3.21. The summed E-state index contributed by atoms with van der Waals surface area (Å²) >= 11 is 0. The first kappa shape index (κ1) is 20.8. The van der Waals surface area contributed by atoms with Crippen LogP contribution in [-0.2, 0) is 0 Å². The van der Waals surface area contributed by atoms with Crippen molar-refractivity contribution in [2.45, 2.75) is 37.6 Å². The minimum absolute atomic E-state index is 0.121. The Morgan fingerprint density at radius 3 is 2.44 bits per heavy atom. The van der Waals surface area contributed by atoms with Crippen molar-refractivity contribution >= 4 is 27.6 Å². The van der Waals surface area contributed by atoms with E-state index in [2.05, 4.69) is 20.5 Å². The topological polar surface area (TPSA) is 109 Å². The van der Waals surface area contributed by atoms with Crippen molar-refractivity contribution in [3.05, 3.63) is 64.2 Å². The summed E-state index contributed by atoms with van der Waals surface area (Å²) < 4.78 is 10.9. The summed E-state index contributed by atoms with van der Waals surface area (Å²) in [6.07, 6.45) is 3.99. The summed E-state index contributed by atoms with van der Waals surface area (Å²) in [5.74, 6) is 1.58. The molecular formula is C26H26N4O4. The van der Waals surface area contributed by atoms with E-state index in [-0.39, 0.29) is 22.9 Å². The highest BCUT2D eigenvalue weighted by Crippen LogP contribution is 2.62. The maximum Gasteiger partial charge on any atom is 0.272 e. The minimum atomic E-state index is -0.146. The van der Waals surface area contributed by atoms with Crippen LogP contribution in [0.3, 0.4) is 0 Å². The number of H-pyrrole nitrogens is 2. The zero-order chi connectivity index (χ0) is 23.4. The van der Waals surface area contributed by atoms with Crippen LogP contribution in [0.5, 0.6) is 11.5 Å². The molecule has 3 N–H and O–H groups in total. The molecule has 34 heavy (non-hydrogen) atoms. The number of hydrogen-bond acceptors (Lipinski definition) is 5. The molecule has 2 heterocycles. The van der Waals surface area contributed by atoms with Crippen LogP contribution < -0.4 is 20.3 Å². The lowest BCUT2D eigenvalue weighted by Gasteiger charge is -2.57. The first-order chi connectivity index (χ1) is 16.5. The predicted molar refractivity (Wildman–Crippen MR) is 129 cm³/mol. The number of carbonyl (C=O) groups excluding carboxylic acids is 1. The molecule has 8 heteroatoms. The van der Waals surface area contributed by atoms with Gasteiger partial charge in [0.15, 0.2) is 0 Å². The number of methoxy groups -OCH3 is 2. The summed E-state index contributed by atoms with van der Waals surface area (Å²) in [6.45, 7) is 0. The Bertz CT molecular complexity index is 1430. The summed E-state index contributed by atoms with van der Waals surface area (Å²) in [5.41, 5.74) is 2.34. The molecule has 1 amide bonds. The van der Waals surface area contributed by atoms with E-state index in [0.717, 1.165) is 47.7 Å². The molecule has 0 saturated heterocycles. The first-order valence-corrected chi connectivity index (χ1v) is 11.5. The minimum Gasteiger partial charge on any atom is -0.496 e. The number of hydrogen-bond donors (Lipinski definition) is 3. The average molecular weight is 459 g/mol. The molecule has 2 fully saturated rings. The third kappa shape index (κ3) is 3.16. The quantitative estimate of drug-likeness (QED) is 0.421. The predicted octanol–water partition coefficient (Wildman–Crippen LogP) is 3.88. The highest BCUT2D eigenvalue weighted by Gasteiger charge is 2.54. The fourth-order valence-electron chi connectivity index (χ4n) is 5.95. The number of amides is 1. The molecule has 2 aliphatic rings. The van der Waals surface area contributed by atoms with Crippen molar-refractivity contribution in [1.82, 2.24) is 20.5 Å². The fourth-order valence-corrected chi connectivity index (χ4v) is 5.95. The van der Waals surface area contributed by atoms with Crippen molar-refractivity contribution in [1.29, 1.82) is 0 Å². The molecule has 2 saturated carbocycles. The van der Waals surface area contributed by atoms with E-state index in [1.54, 1.807) is 14.2 Å². The normalized spacial score (nSPS) is 23.5. The van der Waals surface area contributed by atoms with Crippen LogP contribution in [0.4, 0.5) is 0 Å². The molecule has 8 nitrogen and oxygen atoms in total. The molecule has 0 radical (unpaired) electrons. The monoisotopic (exact) mass is 458 g/mol. The second-order valence-electron chi connectivity index (χ2n) is 9.61. The molecule has 4 aromatic rings. The van der Waals surface area contributed by atoms with Gasteiger partial charge in [-0.25, -0.2) is 5.10 Å². The van der Waals surface area contributed by atoms with Gasteiger partial charge in [0.2, 0.25) is 0 Å². The van der Waals surface area contributed by atoms with Gasteiger partial charge in [-0.3, -0.25) is 9.59 Å². The van der Waals surface area contributed by atoms with Crippen molar-refractivity contribution in [3.8, 4) is 11.5 Å². The largest absolute Gasteiger partial charge is 0.496 e. The summed E-state index contributed by atoms with van der Waals surface area (Å²) in [5, 5.41) is 12.7. The zero-order valence-corrected chi connectivity index (χ0v) is 19.1. The third-order valence-electron chi connectivity index (χ3n) is 7.57. The van der Waals surface area contributed by atoms with Crippen molar-refractivity contribution in [2.75, 3.05) is 14.2 Å². The number of benzene rings is 2. The standard InChI is InChI=1S/C26H26N4O4/c1-33-20-7-8-21(34-2)23-18(20)9-19(28-23)25(32)27-15-12-26(13-15)10-14(11-26)22-16-5-3-4-6-17(16)24(31)30-29-22/h3-9,14-15,28H,10-13H2,1-2H3,(H,27,32)(H,30,31)/t14-,15-,26?. The molecule has 1 spiro atoms. The van der Waals surface area contributed by atoms with Crippen LogP contribution in [0.25, 0.3) is 21.7 Å². The van der Waals surface area contributed by atoms with Crippen molar-refractivity contribution in [3.63, 3.8) is 0 Å². The van der Waals surface area contributed by atoms with Crippen LogP contribution in [0.2, 0.25) is 0 Å². The first-order valence-electron chi connectivity index (χ1n) is 11.5. The van der Waals surface area contributed by atoms with Gasteiger partial charge in [-0.05, 0) is 55.4 Å². The molecule has 6 rings (SSSR count). The van der Waals surface area contributed by atoms with Gasteiger partial charge in [0.05, 0.1) is 30.8 Å². The molecule has 0 unspecified atom stereocenters.